The van der Waals surface area contributed by atoms with Gasteiger partial charge in [-0.05, 0) is 58.7 Å². The van der Waals surface area contributed by atoms with Gasteiger partial charge in [-0.25, -0.2) is 0 Å². The Morgan fingerprint density at radius 1 is 1.35 bits per heavy atom. The van der Waals surface area contributed by atoms with Crippen molar-refractivity contribution < 1.29 is 0 Å². The summed E-state index contributed by atoms with van der Waals surface area (Å²) < 4.78 is 0. The van der Waals surface area contributed by atoms with Crippen LogP contribution in [0.5, 0.6) is 0 Å². The zero-order valence-electron chi connectivity index (χ0n) is 12.3. The molecule has 0 aromatic rings. The van der Waals surface area contributed by atoms with Crippen molar-refractivity contribution in [2.24, 2.45) is 5.92 Å². The molecule has 0 aromatic heterocycles. The molecule has 3 atom stereocenters. The van der Waals surface area contributed by atoms with E-state index in [0.29, 0.717) is 6.04 Å². The van der Waals surface area contributed by atoms with E-state index < -0.39 is 0 Å². The van der Waals surface area contributed by atoms with E-state index in [4.69, 9.17) is 0 Å². The molecule has 0 aliphatic heterocycles. The van der Waals surface area contributed by atoms with Crippen molar-refractivity contribution in [3.05, 3.63) is 0 Å². The minimum Gasteiger partial charge on any atom is -0.315 e. The van der Waals surface area contributed by atoms with Gasteiger partial charge in [0.25, 0.3) is 0 Å². The van der Waals surface area contributed by atoms with Crippen LogP contribution in [0.2, 0.25) is 0 Å². The first-order chi connectivity index (χ1) is 8.13. The maximum Gasteiger partial charge on any atom is 0.00947 e. The third-order valence-electron chi connectivity index (χ3n) is 4.23. The Morgan fingerprint density at radius 2 is 2.12 bits per heavy atom. The molecule has 1 aliphatic carbocycles. The topological polar surface area (TPSA) is 15.3 Å². The first kappa shape index (κ1) is 15.0. The van der Waals surface area contributed by atoms with Gasteiger partial charge >= 0.3 is 0 Å². The quantitative estimate of drug-likeness (QED) is 0.735. The van der Waals surface area contributed by atoms with Crippen molar-refractivity contribution in [1.82, 2.24) is 10.2 Å². The van der Waals surface area contributed by atoms with Crippen molar-refractivity contribution >= 4 is 0 Å². The summed E-state index contributed by atoms with van der Waals surface area (Å²) in [7, 11) is 2.32. The first-order valence-corrected chi connectivity index (χ1v) is 7.57. The molecule has 1 rings (SSSR count). The molecule has 17 heavy (non-hydrogen) atoms. The van der Waals surface area contributed by atoms with E-state index in [-0.39, 0.29) is 0 Å². The van der Waals surface area contributed by atoms with Gasteiger partial charge in [-0.2, -0.15) is 0 Å². The minimum atomic E-state index is 0.679. The van der Waals surface area contributed by atoms with Crippen LogP contribution in [0, 0.1) is 5.92 Å². The maximum atomic E-state index is 3.49. The van der Waals surface area contributed by atoms with Gasteiger partial charge in [0.05, 0.1) is 0 Å². The lowest BCUT2D eigenvalue weighted by Crippen LogP contribution is -2.36. The second-order valence-corrected chi connectivity index (χ2v) is 6.01. The molecular weight excluding hydrogens is 208 g/mol. The van der Waals surface area contributed by atoms with Crippen molar-refractivity contribution in [2.75, 3.05) is 20.1 Å². The molecule has 0 bridgehead atoms. The van der Waals surface area contributed by atoms with Crippen LogP contribution in [-0.4, -0.2) is 37.1 Å². The van der Waals surface area contributed by atoms with Gasteiger partial charge in [0.1, 0.15) is 0 Å². The standard InChI is InChI=1S/C15H32N2/c1-5-16-14(3)9-7-11-17(4)15-10-6-8-13(2)12-15/h13-16H,5-12H2,1-4H3. The van der Waals surface area contributed by atoms with Gasteiger partial charge in [-0.15, -0.1) is 0 Å². The Kier molecular flexibility index (Phi) is 7.14. The van der Waals surface area contributed by atoms with Crippen molar-refractivity contribution in [3.63, 3.8) is 0 Å². The van der Waals surface area contributed by atoms with Gasteiger partial charge < -0.3 is 10.2 Å². The average molecular weight is 240 g/mol. The van der Waals surface area contributed by atoms with Gasteiger partial charge in [-0.3, -0.25) is 0 Å². The van der Waals surface area contributed by atoms with E-state index in [1.54, 1.807) is 0 Å². The molecule has 0 aromatic carbocycles. The summed E-state index contributed by atoms with van der Waals surface area (Å²) in [6.07, 6.45) is 8.35. The third kappa shape index (κ3) is 5.87. The number of hydrogen-bond donors (Lipinski definition) is 1. The predicted molar refractivity (Wildman–Crippen MR) is 76.4 cm³/mol. The van der Waals surface area contributed by atoms with Crippen molar-refractivity contribution in [3.8, 4) is 0 Å². The van der Waals surface area contributed by atoms with Gasteiger partial charge in [0, 0.05) is 12.1 Å². The summed E-state index contributed by atoms with van der Waals surface area (Å²) in [6.45, 7) is 9.26. The number of hydrogen-bond acceptors (Lipinski definition) is 2. The van der Waals surface area contributed by atoms with E-state index in [9.17, 15) is 0 Å². The smallest absolute Gasteiger partial charge is 0.00947 e. The molecular formula is C15H32N2. The molecule has 1 aliphatic rings. The van der Waals surface area contributed by atoms with Crippen molar-refractivity contribution in [1.29, 1.82) is 0 Å². The lowest BCUT2D eigenvalue weighted by atomic mass is 9.86. The molecule has 2 heteroatoms. The Balaban J connectivity index is 2.13. The summed E-state index contributed by atoms with van der Waals surface area (Å²) in [4.78, 5) is 2.61. The number of nitrogens with zero attached hydrogens (tertiary/aromatic N) is 1. The van der Waals surface area contributed by atoms with E-state index in [2.05, 4.69) is 38.0 Å². The first-order valence-electron chi connectivity index (χ1n) is 7.57. The van der Waals surface area contributed by atoms with Crippen LogP contribution in [0.15, 0.2) is 0 Å². The summed E-state index contributed by atoms with van der Waals surface area (Å²) >= 11 is 0. The fourth-order valence-electron chi connectivity index (χ4n) is 3.08. The number of nitrogens with one attached hydrogen (secondary N) is 1. The molecule has 1 fully saturated rings. The van der Waals surface area contributed by atoms with E-state index in [0.717, 1.165) is 18.5 Å². The molecule has 2 nitrogen and oxygen atoms in total. The fraction of sp³-hybridized carbons (Fsp3) is 1.00. The lowest BCUT2D eigenvalue weighted by Gasteiger charge is -2.34. The summed E-state index contributed by atoms with van der Waals surface area (Å²) in [5.74, 6) is 0.942. The van der Waals surface area contributed by atoms with Crippen molar-refractivity contribution in [2.45, 2.75) is 71.4 Å². The Hall–Kier alpha value is -0.0800. The average Bonchev–Trinajstić information content (AvgIpc) is 2.29. The second-order valence-electron chi connectivity index (χ2n) is 6.01. The molecule has 0 amide bonds. The molecule has 0 saturated heterocycles. The molecule has 0 spiro atoms. The van der Waals surface area contributed by atoms with Gasteiger partial charge in [0.2, 0.25) is 0 Å². The predicted octanol–water partition coefficient (Wildman–Crippen LogP) is 3.28. The summed E-state index contributed by atoms with van der Waals surface area (Å²) in [5.41, 5.74) is 0. The zero-order chi connectivity index (χ0) is 12.7. The molecule has 0 radical (unpaired) electrons. The van der Waals surface area contributed by atoms with Gasteiger partial charge in [-0.1, -0.05) is 26.7 Å². The Morgan fingerprint density at radius 3 is 2.76 bits per heavy atom. The largest absolute Gasteiger partial charge is 0.315 e. The highest BCUT2D eigenvalue weighted by Crippen LogP contribution is 2.26. The van der Waals surface area contributed by atoms with Crippen LogP contribution in [0.1, 0.15) is 59.3 Å². The van der Waals surface area contributed by atoms with E-state index in [1.165, 1.54) is 45.1 Å². The molecule has 1 saturated carbocycles. The highest BCUT2D eigenvalue weighted by molar-refractivity contribution is 4.77. The highest BCUT2D eigenvalue weighted by atomic mass is 15.1. The summed E-state index contributed by atoms with van der Waals surface area (Å²) in [5, 5.41) is 3.49. The second kappa shape index (κ2) is 8.10. The highest BCUT2D eigenvalue weighted by Gasteiger charge is 2.21. The SMILES string of the molecule is CCNC(C)CCCN(C)C1CCCC(C)C1. The maximum absolute atomic E-state index is 3.49. The third-order valence-corrected chi connectivity index (χ3v) is 4.23. The molecule has 102 valence electrons. The van der Waals surface area contributed by atoms with Crippen LogP contribution in [0.25, 0.3) is 0 Å². The summed E-state index contributed by atoms with van der Waals surface area (Å²) in [6, 6.07) is 1.53. The molecule has 0 heterocycles. The van der Waals surface area contributed by atoms with Crippen LogP contribution >= 0.6 is 0 Å². The van der Waals surface area contributed by atoms with Gasteiger partial charge in [0.15, 0.2) is 0 Å². The molecule has 1 N–H and O–H groups in total. The minimum absolute atomic E-state index is 0.679. The zero-order valence-corrected chi connectivity index (χ0v) is 12.3. The lowest BCUT2D eigenvalue weighted by molar-refractivity contribution is 0.160. The van der Waals surface area contributed by atoms with E-state index >= 15 is 0 Å². The van der Waals surface area contributed by atoms with Crippen LogP contribution < -0.4 is 5.32 Å². The fourth-order valence-corrected chi connectivity index (χ4v) is 3.08. The normalized spacial score (nSPS) is 27.4. The van der Waals surface area contributed by atoms with Crippen LogP contribution in [-0.2, 0) is 0 Å². The Labute approximate surface area is 108 Å². The Bertz CT molecular complexity index is 193. The molecule has 3 unspecified atom stereocenters. The van der Waals surface area contributed by atoms with E-state index in [1.807, 2.05) is 0 Å². The van der Waals surface area contributed by atoms with Crippen LogP contribution in [0.3, 0.4) is 0 Å². The monoisotopic (exact) mass is 240 g/mol. The van der Waals surface area contributed by atoms with Crippen LogP contribution in [0.4, 0.5) is 0 Å². The number of rotatable bonds is 7.